The van der Waals surface area contributed by atoms with Gasteiger partial charge >= 0.3 is 16.8 Å². The van der Waals surface area contributed by atoms with Crippen molar-refractivity contribution in [3.63, 3.8) is 0 Å². The number of hydrogen-bond donors (Lipinski definition) is 0. The van der Waals surface area contributed by atoms with Crippen molar-refractivity contribution in [1.82, 2.24) is 0 Å². The topological polar surface area (TPSA) is 0 Å². The molecule has 0 atom stereocenters. The summed E-state index contributed by atoms with van der Waals surface area (Å²) in [5, 5.41) is 5.89. The molecule has 4 aromatic rings. The first kappa shape index (κ1) is 28.7. The van der Waals surface area contributed by atoms with E-state index in [1.54, 1.807) is 0 Å². The summed E-state index contributed by atoms with van der Waals surface area (Å²) in [6.07, 6.45) is 2.41. The van der Waals surface area contributed by atoms with Crippen molar-refractivity contribution in [2.45, 2.75) is 0 Å². The molecule has 0 aromatic heterocycles. The summed E-state index contributed by atoms with van der Waals surface area (Å²) >= 11 is 0. The van der Waals surface area contributed by atoms with Crippen LogP contribution in [0.25, 0.3) is 0 Å². The number of halogens is 2. The van der Waals surface area contributed by atoms with Crippen LogP contribution < -0.4 is 69.2 Å². The minimum atomic E-state index is -0.348. The van der Waals surface area contributed by atoms with Crippen LogP contribution in [0.4, 0.5) is 0 Å². The van der Waals surface area contributed by atoms with Gasteiger partial charge in [-0.2, -0.15) is 0 Å². The van der Waals surface area contributed by atoms with Crippen LogP contribution in [-0.2, 0) is 16.8 Å². The summed E-state index contributed by atoms with van der Waals surface area (Å²) < 4.78 is 0. The SMILES string of the molecule is [Co+2].[I-].[I-].c1ccc(P(CCP(c2ccccc2)c2ccccc2)c2ccccc2)cc1. The van der Waals surface area contributed by atoms with Crippen LogP contribution in [-0.4, -0.2) is 12.3 Å². The fourth-order valence-electron chi connectivity index (χ4n) is 3.45. The zero-order valence-electron chi connectivity index (χ0n) is 16.9. The Morgan fingerprint density at radius 3 is 0.742 bits per heavy atom. The second-order valence-corrected chi connectivity index (χ2v) is 11.3. The van der Waals surface area contributed by atoms with E-state index in [-0.39, 0.29) is 80.6 Å². The van der Waals surface area contributed by atoms with E-state index in [1.807, 2.05) is 0 Å². The van der Waals surface area contributed by atoms with E-state index in [1.165, 1.54) is 33.5 Å². The van der Waals surface area contributed by atoms with Gasteiger partial charge in [0.25, 0.3) is 0 Å². The summed E-state index contributed by atoms with van der Waals surface area (Å²) in [7, 11) is -0.696. The number of hydrogen-bond acceptors (Lipinski definition) is 0. The van der Waals surface area contributed by atoms with Gasteiger partial charge in [-0.25, -0.2) is 0 Å². The molecule has 161 valence electrons. The Morgan fingerprint density at radius 1 is 0.355 bits per heavy atom. The van der Waals surface area contributed by atoms with Gasteiger partial charge < -0.3 is 48.0 Å². The van der Waals surface area contributed by atoms with Crippen LogP contribution in [0, 0.1) is 0 Å². The molecular weight excluding hydrogens is 687 g/mol. The second kappa shape index (κ2) is 15.5. The molecule has 0 bridgehead atoms. The third-order valence-electron chi connectivity index (χ3n) is 4.82. The minimum absolute atomic E-state index is 0. The molecule has 4 rings (SSSR count). The quantitative estimate of drug-likeness (QED) is 0.175. The molecule has 0 N–H and O–H groups in total. The van der Waals surface area contributed by atoms with E-state index in [0.29, 0.717) is 0 Å². The Balaban J connectivity index is 0.00000160. The molecule has 0 nitrogen and oxygen atoms in total. The average molecular weight is 711 g/mol. The number of benzene rings is 4. The summed E-state index contributed by atoms with van der Waals surface area (Å²) in [5.41, 5.74) is 0. The van der Waals surface area contributed by atoms with Gasteiger partial charge in [-0.15, -0.1) is 0 Å². The van der Waals surface area contributed by atoms with Gasteiger partial charge in [0.05, 0.1) is 0 Å². The van der Waals surface area contributed by atoms with Crippen LogP contribution in [0.15, 0.2) is 121 Å². The van der Waals surface area contributed by atoms with E-state index in [9.17, 15) is 0 Å². The van der Waals surface area contributed by atoms with Crippen molar-refractivity contribution in [2.24, 2.45) is 0 Å². The van der Waals surface area contributed by atoms with Crippen molar-refractivity contribution < 1.29 is 64.7 Å². The van der Waals surface area contributed by atoms with Gasteiger partial charge in [-0.1, -0.05) is 121 Å². The first-order valence-corrected chi connectivity index (χ1v) is 12.7. The Hall–Kier alpha value is -0.294. The zero-order chi connectivity index (χ0) is 19.0. The van der Waals surface area contributed by atoms with Gasteiger partial charge in [0, 0.05) is 0 Å². The van der Waals surface area contributed by atoms with Crippen LogP contribution in [0.1, 0.15) is 0 Å². The molecule has 31 heavy (non-hydrogen) atoms. The molecule has 0 amide bonds. The predicted molar refractivity (Wildman–Crippen MR) is 128 cm³/mol. The minimum Gasteiger partial charge on any atom is -1.00 e. The van der Waals surface area contributed by atoms with Crippen molar-refractivity contribution in [3.8, 4) is 0 Å². The Morgan fingerprint density at radius 2 is 0.548 bits per heavy atom. The van der Waals surface area contributed by atoms with Gasteiger partial charge in [-0.05, 0) is 49.4 Å². The molecule has 5 heteroatoms. The molecule has 0 unspecified atom stereocenters. The van der Waals surface area contributed by atoms with E-state index in [2.05, 4.69) is 121 Å². The summed E-state index contributed by atoms with van der Waals surface area (Å²) in [4.78, 5) is 0. The summed E-state index contributed by atoms with van der Waals surface area (Å²) in [6, 6.07) is 44.2. The third kappa shape index (κ3) is 8.21. The van der Waals surface area contributed by atoms with Crippen LogP contribution in [0.5, 0.6) is 0 Å². The third-order valence-corrected chi connectivity index (χ3v) is 10.2. The van der Waals surface area contributed by atoms with E-state index < -0.39 is 0 Å². The van der Waals surface area contributed by atoms with E-state index in [0.717, 1.165) is 0 Å². The van der Waals surface area contributed by atoms with Crippen LogP contribution in [0.3, 0.4) is 0 Å². The maximum Gasteiger partial charge on any atom is 2.00 e. The molecule has 0 saturated heterocycles. The van der Waals surface area contributed by atoms with Gasteiger partial charge in [0.2, 0.25) is 0 Å². The largest absolute Gasteiger partial charge is 2.00 e. The summed E-state index contributed by atoms with van der Waals surface area (Å²) in [6.45, 7) is 0. The molecule has 4 aromatic carbocycles. The number of rotatable bonds is 7. The van der Waals surface area contributed by atoms with Crippen LogP contribution >= 0.6 is 15.8 Å². The van der Waals surface area contributed by atoms with Gasteiger partial charge in [-0.3, -0.25) is 0 Å². The molecule has 0 heterocycles. The van der Waals surface area contributed by atoms with Gasteiger partial charge in [0.15, 0.2) is 0 Å². The maximum absolute atomic E-state index is 2.30. The summed E-state index contributed by atoms with van der Waals surface area (Å²) in [5.74, 6) is 0. The molecule has 1 radical (unpaired) electrons. The van der Waals surface area contributed by atoms with Crippen molar-refractivity contribution >= 4 is 37.1 Å². The van der Waals surface area contributed by atoms with Crippen LogP contribution in [0.2, 0.25) is 0 Å². The monoisotopic (exact) mass is 711 g/mol. The van der Waals surface area contributed by atoms with E-state index in [4.69, 9.17) is 0 Å². The molecule has 0 aliphatic heterocycles. The standard InChI is InChI=1S/C26H24P2.Co.2HI/c1-5-13-23(14-6-1)27(24-15-7-2-8-16-24)21-22-28(25-17-9-3-10-18-25)26-19-11-4-12-20-26;;;/h1-20H,21-22H2;;2*1H/q;+2;;/p-2. The smallest absolute Gasteiger partial charge is 1.00 e. The molecule has 0 fully saturated rings. The molecule has 0 aliphatic carbocycles. The zero-order valence-corrected chi connectivity index (χ0v) is 24.1. The molecular formula is C26H24CoI2P2. The predicted octanol–water partition coefficient (Wildman–Crippen LogP) is -0.742. The Labute approximate surface area is 233 Å². The Kier molecular flexibility index (Phi) is 14.4. The fourth-order valence-corrected chi connectivity index (χ4v) is 8.80. The molecule has 0 spiro atoms. The molecule has 0 saturated carbocycles. The Bertz CT molecular complexity index is 809. The van der Waals surface area contributed by atoms with Crippen molar-refractivity contribution in [2.75, 3.05) is 12.3 Å². The van der Waals surface area contributed by atoms with Crippen molar-refractivity contribution in [3.05, 3.63) is 121 Å². The van der Waals surface area contributed by atoms with E-state index >= 15 is 0 Å². The van der Waals surface area contributed by atoms with Gasteiger partial charge in [0.1, 0.15) is 0 Å². The molecule has 0 aliphatic rings. The maximum atomic E-state index is 2.30. The normalized spacial score (nSPS) is 10.0. The van der Waals surface area contributed by atoms with Crippen molar-refractivity contribution in [1.29, 1.82) is 0 Å². The average Bonchev–Trinajstić information content (AvgIpc) is 2.79. The second-order valence-electron chi connectivity index (χ2n) is 6.65. The first-order valence-electron chi connectivity index (χ1n) is 9.67. The fraction of sp³-hybridized carbons (Fsp3) is 0.0769. The first-order chi connectivity index (χ1) is 13.9.